The van der Waals surface area contributed by atoms with Gasteiger partial charge in [0.2, 0.25) is 0 Å². The second-order valence-corrected chi connectivity index (χ2v) is 5.40. The number of rotatable bonds is 3. The molecule has 0 aliphatic carbocycles. The summed E-state index contributed by atoms with van der Waals surface area (Å²) in [5.74, 6) is 0. The lowest BCUT2D eigenvalue weighted by molar-refractivity contribution is -0.385. The number of carbonyl (C=O) groups excluding carboxylic acids is 1. The van der Waals surface area contributed by atoms with E-state index in [2.05, 4.69) is 11.9 Å². The number of nitrogens with zero attached hydrogens (tertiary/aromatic N) is 1. The molecule has 0 bridgehead atoms. The number of nitro groups is 1. The summed E-state index contributed by atoms with van der Waals surface area (Å²) in [7, 11) is 0. The summed E-state index contributed by atoms with van der Waals surface area (Å²) in [6.07, 6.45) is -0.658. The van der Waals surface area contributed by atoms with Crippen molar-refractivity contribution in [2.75, 3.05) is 5.32 Å². The van der Waals surface area contributed by atoms with E-state index < -0.39 is 16.6 Å². The predicted molar refractivity (Wildman–Crippen MR) is 77.7 cm³/mol. The molecule has 1 aromatic carbocycles. The molecule has 20 heavy (non-hydrogen) atoms. The highest BCUT2D eigenvalue weighted by atomic mass is 16.6. The third-order valence-electron chi connectivity index (χ3n) is 2.30. The number of nitro benzene ring substituents is 1. The molecule has 0 fully saturated rings. The van der Waals surface area contributed by atoms with Crippen molar-refractivity contribution in [3.8, 4) is 0 Å². The number of allylic oxidation sites excluding steroid dienone is 1. The molecule has 108 valence electrons. The van der Waals surface area contributed by atoms with Gasteiger partial charge in [-0.3, -0.25) is 15.4 Å². The first kappa shape index (κ1) is 15.7. The summed E-state index contributed by atoms with van der Waals surface area (Å²) < 4.78 is 5.08. The van der Waals surface area contributed by atoms with Crippen molar-refractivity contribution in [2.45, 2.75) is 33.3 Å². The van der Waals surface area contributed by atoms with E-state index in [1.807, 2.05) is 0 Å². The Labute approximate surface area is 117 Å². The number of carbonyl (C=O) groups is 1. The monoisotopic (exact) mass is 278 g/mol. The van der Waals surface area contributed by atoms with Gasteiger partial charge in [0.25, 0.3) is 5.69 Å². The Balaban J connectivity index is 2.99. The molecule has 0 aliphatic rings. The van der Waals surface area contributed by atoms with E-state index in [0.29, 0.717) is 16.8 Å². The number of amides is 1. The number of nitrogens with one attached hydrogen (secondary N) is 1. The molecule has 6 heteroatoms. The van der Waals surface area contributed by atoms with E-state index in [0.717, 1.165) is 0 Å². The lowest BCUT2D eigenvalue weighted by Crippen LogP contribution is -2.27. The second kappa shape index (κ2) is 5.73. The topological polar surface area (TPSA) is 81.5 Å². The van der Waals surface area contributed by atoms with Crippen LogP contribution in [0.2, 0.25) is 0 Å². The van der Waals surface area contributed by atoms with Gasteiger partial charge in [-0.1, -0.05) is 6.58 Å². The van der Waals surface area contributed by atoms with Gasteiger partial charge in [-0.05, 0) is 45.4 Å². The third-order valence-corrected chi connectivity index (χ3v) is 2.30. The summed E-state index contributed by atoms with van der Waals surface area (Å²) >= 11 is 0. The van der Waals surface area contributed by atoms with Gasteiger partial charge in [0.05, 0.1) is 16.2 Å². The van der Waals surface area contributed by atoms with Crippen molar-refractivity contribution in [3.63, 3.8) is 0 Å². The summed E-state index contributed by atoms with van der Waals surface area (Å²) in [5, 5.41) is 13.5. The zero-order chi connectivity index (χ0) is 15.5. The molecule has 0 aliphatic heterocycles. The Morgan fingerprint density at radius 3 is 2.45 bits per heavy atom. The van der Waals surface area contributed by atoms with Gasteiger partial charge in [-0.15, -0.1) is 0 Å². The molecule has 1 rings (SSSR count). The minimum Gasteiger partial charge on any atom is -0.444 e. The van der Waals surface area contributed by atoms with Crippen LogP contribution in [0.1, 0.15) is 33.3 Å². The fraction of sp³-hybridized carbons (Fsp3) is 0.357. The van der Waals surface area contributed by atoms with Gasteiger partial charge in [-0.2, -0.15) is 0 Å². The Bertz CT molecular complexity index is 559. The van der Waals surface area contributed by atoms with E-state index in [1.54, 1.807) is 39.8 Å². The second-order valence-electron chi connectivity index (χ2n) is 5.40. The van der Waals surface area contributed by atoms with Crippen LogP contribution in [-0.4, -0.2) is 16.6 Å². The lowest BCUT2D eigenvalue weighted by Gasteiger charge is -2.19. The van der Waals surface area contributed by atoms with Crippen molar-refractivity contribution in [3.05, 3.63) is 40.5 Å². The molecule has 1 N–H and O–H groups in total. The van der Waals surface area contributed by atoms with Crippen LogP contribution >= 0.6 is 0 Å². The first-order chi connectivity index (χ1) is 9.10. The minimum absolute atomic E-state index is 0.106. The van der Waals surface area contributed by atoms with Gasteiger partial charge in [0.15, 0.2) is 0 Å². The molecule has 6 nitrogen and oxygen atoms in total. The maximum atomic E-state index is 11.6. The molecule has 0 unspecified atom stereocenters. The summed E-state index contributed by atoms with van der Waals surface area (Å²) in [6.45, 7) is 10.6. The standard InChI is InChI=1S/C14H18N2O4/c1-9(2)11-7-6-10(8-12(11)16(18)19)15-13(17)20-14(3,4)5/h6-8H,1H2,2-5H3,(H,15,17). The average molecular weight is 278 g/mol. The van der Waals surface area contributed by atoms with Gasteiger partial charge in [-0.25, -0.2) is 4.79 Å². The normalized spacial score (nSPS) is 10.8. The number of ether oxygens (including phenoxy) is 1. The average Bonchev–Trinajstić information content (AvgIpc) is 2.25. The van der Waals surface area contributed by atoms with Gasteiger partial charge in [0.1, 0.15) is 5.60 Å². The number of hydrogen-bond acceptors (Lipinski definition) is 4. The highest BCUT2D eigenvalue weighted by molar-refractivity contribution is 5.86. The van der Waals surface area contributed by atoms with E-state index in [9.17, 15) is 14.9 Å². The lowest BCUT2D eigenvalue weighted by atomic mass is 10.1. The van der Waals surface area contributed by atoms with Gasteiger partial charge >= 0.3 is 6.09 Å². The van der Waals surface area contributed by atoms with Crippen molar-refractivity contribution in [1.29, 1.82) is 0 Å². The molecule has 0 atom stereocenters. The molecular weight excluding hydrogens is 260 g/mol. The van der Waals surface area contributed by atoms with Crippen LogP contribution in [0, 0.1) is 10.1 Å². The molecule has 0 radical (unpaired) electrons. The van der Waals surface area contributed by atoms with Gasteiger partial charge < -0.3 is 4.74 Å². The number of anilines is 1. The van der Waals surface area contributed by atoms with Crippen LogP contribution < -0.4 is 5.32 Å². The maximum Gasteiger partial charge on any atom is 0.412 e. The number of benzene rings is 1. The number of hydrogen-bond donors (Lipinski definition) is 1. The molecular formula is C14H18N2O4. The zero-order valence-electron chi connectivity index (χ0n) is 12.0. The first-order valence-electron chi connectivity index (χ1n) is 6.04. The minimum atomic E-state index is -0.658. The Morgan fingerprint density at radius 1 is 1.40 bits per heavy atom. The van der Waals surface area contributed by atoms with Gasteiger partial charge in [0, 0.05) is 6.07 Å². The van der Waals surface area contributed by atoms with Crippen LogP contribution in [0.4, 0.5) is 16.2 Å². The molecule has 0 saturated carbocycles. The molecule has 1 aromatic rings. The van der Waals surface area contributed by atoms with E-state index in [4.69, 9.17) is 4.74 Å². The maximum absolute atomic E-state index is 11.6. The predicted octanol–water partition coefficient (Wildman–Crippen LogP) is 3.97. The third kappa shape index (κ3) is 4.38. The van der Waals surface area contributed by atoms with Crippen LogP contribution in [-0.2, 0) is 4.74 Å². The zero-order valence-corrected chi connectivity index (χ0v) is 12.0. The quantitative estimate of drug-likeness (QED) is 0.669. The smallest absolute Gasteiger partial charge is 0.412 e. The van der Waals surface area contributed by atoms with E-state index in [1.165, 1.54) is 6.07 Å². The summed E-state index contributed by atoms with van der Waals surface area (Å²) in [5.41, 5.74) is 0.584. The SMILES string of the molecule is C=C(C)c1ccc(NC(=O)OC(C)(C)C)cc1[N+](=O)[O-]. The molecule has 0 aromatic heterocycles. The van der Waals surface area contributed by atoms with Crippen LogP contribution in [0.3, 0.4) is 0 Å². The molecule has 1 amide bonds. The molecule has 0 saturated heterocycles. The fourth-order valence-corrected chi connectivity index (χ4v) is 1.54. The van der Waals surface area contributed by atoms with Crippen molar-refractivity contribution < 1.29 is 14.5 Å². The fourth-order valence-electron chi connectivity index (χ4n) is 1.54. The van der Waals surface area contributed by atoms with E-state index >= 15 is 0 Å². The van der Waals surface area contributed by atoms with Crippen LogP contribution in [0.5, 0.6) is 0 Å². The molecule has 0 spiro atoms. The van der Waals surface area contributed by atoms with Crippen molar-refractivity contribution >= 4 is 23.0 Å². The first-order valence-corrected chi connectivity index (χ1v) is 6.04. The van der Waals surface area contributed by atoms with Crippen LogP contribution in [0.25, 0.3) is 5.57 Å². The Hall–Kier alpha value is -2.37. The Morgan fingerprint density at radius 2 is 2.00 bits per heavy atom. The summed E-state index contributed by atoms with van der Waals surface area (Å²) in [4.78, 5) is 22.1. The molecule has 0 heterocycles. The van der Waals surface area contributed by atoms with E-state index in [-0.39, 0.29) is 5.69 Å². The van der Waals surface area contributed by atoms with Crippen molar-refractivity contribution in [1.82, 2.24) is 0 Å². The van der Waals surface area contributed by atoms with Crippen LogP contribution in [0.15, 0.2) is 24.8 Å². The summed E-state index contributed by atoms with van der Waals surface area (Å²) in [6, 6.07) is 4.40. The Kier molecular flexibility index (Phi) is 4.49. The highest BCUT2D eigenvalue weighted by Gasteiger charge is 2.19. The highest BCUT2D eigenvalue weighted by Crippen LogP contribution is 2.28. The largest absolute Gasteiger partial charge is 0.444 e. The van der Waals surface area contributed by atoms with Crippen molar-refractivity contribution in [2.24, 2.45) is 0 Å².